The number of rotatable bonds is 8. The molecule has 10 aromatic carbocycles. The zero-order chi connectivity index (χ0) is 39.8. The Morgan fingerprint density at radius 1 is 0.300 bits per heavy atom. The first kappa shape index (κ1) is 35.2. The predicted octanol–water partition coefficient (Wildman–Crippen LogP) is 16.1. The van der Waals surface area contributed by atoms with Crippen molar-refractivity contribution in [3.8, 4) is 50.2 Å². The Kier molecular flexibility index (Phi) is 8.87. The summed E-state index contributed by atoms with van der Waals surface area (Å²) in [5.74, 6) is 0. The Labute approximate surface area is 350 Å². The van der Waals surface area contributed by atoms with E-state index < -0.39 is 0 Å². The molecule has 0 radical (unpaired) electrons. The Balaban J connectivity index is 1.08. The van der Waals surface area contributed by atoms with E-state index in [-0.39, 0.29) is 0 Å². The van der Waals surface area contributed by atoms with Gasteiger partial charge in [-0.15, -0.1) is 0 Å². The number of hydrogen-bond donors (Lipinski definition) is 0. The van der Waals surface area contributed by atoms with Crippen LogP contribution < -0.4 is 4.90 Å². The molecule has 0 N–H and O–H groups in total. The number of fused-ring (bicyclic) bond motifs is 4. The maximum Gasteiger partial charge on any atom is 0.0541 e. The first-order chi connectivity index (χ1) is 29.8. The lowest BCUT2D eigenvalue weighted by atomic mass is 9.89. The third kappa shape index (κ3) is 6.14. The van der Waals surface area contributed by atoms with Gasteiger partial charge in [-0.25, -0.2) is 0 Å². The van der Waals surface area contributed by atoms with Gasteiger partial charge in [-0.1, -0.05) is 188 Å². The van der Waals surface area contributed by atoms with Gasteiger partial charge in [-0.05, 0) is 98.8 Å². The second kappa shape index (κ2) is 15.1. The van der Waals surface area contributed by atoms with E-state index in [1.54, 1.807) is 0 Å². The molecular weight excluding hydrogens is 725 g/mol. The molecule has 2 nitrogen and oxygen atoms in total. The highest BCUT2D eigenvalue weighted by molar-refractivity contribution is 6.10. The van der Waals surface area contributed by atoms with Gasteiger partial charge in [0.2, 0.25) is 0 Å². The van der Waals surface area contributed by atoms with Crippen LogP contribution in [0, 0.1) is 0 Å². The smallest absolute Gasteiger partial charge is 0.0541 e. The minimum Gasteiger partial charge on any atom is -0.310 e. The number of aromatic nitrogens is 1. The fraction of sp³-hybridized carbons (Fsp3) is 0. The predicted molar refractivity (Wildman–Crippen MR) is 255 cm³/mol. The summed E-state index contributed by atoms with van der Waals surface area (Å²) in [4.78, 5) is 2.40. The maximum absolute atomic E-state index is 2.42. The van der Waals surface area contributed by atoms with Gasteiger partial charge in [0, 0.05) is 33.3 Å². The van der Waals surface area contributed by atoms with E-state index in [1.807, 2.05) is 0 Å². The summed E-state index contributed by atoms with van der Waals surface area (Å²) >= 11 is 0. The molecule has 1 aromatic heterocycles. The highest BCUT2D eigenvalue weighted by atomic mass is 15.1. The van der Waals surface area contributed by atoms with Gasteiger partial charge in [-0.2, -0.15) is 0 Å². The molecule has 1 heterocycles. The van der Waals surface area contributed by atoms with Gasteiger partial charge in [0.15, 0.2) is 0 Å². The first-order valence-corrected chi connectivity index (χ1v) is 20.6. The Hall–Kier alpha value is -7.94. The number of para-hydroxylation sites is 4. The van der Waals surface area contributed by atoms with Crippen LogP contribution in [0.2, 0.25) is 0 Å². The standard InChI is InChI=1S/C58H40N2/c1-4-18-41(19-5-1)50-38-34-43-22-10-11-26-49(43)58(50)44-32-36-47(37-33-44)59(46-23-8-3-9-24-46)57-39-35-45(40-53(57)42-20-6-2-7-21-42)48-25-12-15-29-54(48)60-55-30-16-13-27-51(55)52-28-14-17-31-56(52)60/h1-40H. The molecule has 60 heavy (non-hydrogen) atoms. The Morgan fingerprint density at radius 3 is 1.50 bits per heavy atom. The number of hydrogen-bond acceptors (Lipinski definition) is 1. The largest absolute Gasteiger partial charge is 0.310 e. The van der Waals surface area contributed by atoms with Crippen molar-refractivity contribution in [1.82, 2.24) is 4.57 Å². The average molecular weight is 765 g/mol. The normalized spacial score (nSPS) is 11.3. The zero-order valence-electron chi connectivity index (χ0n) is 33.0. The van der Waals surface area contributed by atoms with E-state index in [0.29, 0.717) is 0 Å². The number of benzene rings is 10. The SMILES string of the molecule is c1ccc(-c2cc(-c3ccccc3-n3c4ccccc4c4ccccc43)ccc2N(c2ccccc2)c2ccc(-c3c(-c4ccccc4)ccc4ccccc34)cc2)cc1. The highest BCUT2D eigenvalue weighted by Crippen LogP contribution is 2.45. The molecule has 2 heteroatoms. The molecule has 0 aliphatic heterocycles. The monoisotopic (exact) mass is 764 g/mol. The van der Waals surface area contributed by atoms with Crippen molar-refractivity contribution in [2.45, 2.75) is 0 Å². The van der Waals surface area contributed by atoms with Crippen LogP contribution in [0.5, 0.6) is 0 Å². The number of nitrogens with zero attached hydrogens (tertiary/aromatic N) is 2. The average Bonchev–Trinajstić information content (AvgIpc) is 3.67. The summed E-state index contributed by atoms with van der Waals surface area (Å²) < 4.78 is 2.42. The lowest BCUT2D eigenvalue weighted by Crippen LogP contribution is -2.11. The minimum atomic E-state index is 1.09. The van der Waals surface area contributed by atoms with Crippen LogP contribution in [0.25, 0.3) is 82.8 Å². The third-order valence-electron chi connectivity index (χ3n) is 11.8. The van der Waals surface area contributed by atoms with Crippen molar-refractivity contribution in [2.75, 3.05) is 4.90 Å². The molecule has 0 atom stereocenters. The van der Waals surface area contributed by atoms with Crippen LogP contribution in [0.4, 0.5) is 17.1 Å². The second-order valence-electron chi connectivity index (χ2n) is 15.3. The lowest BCUT2D eigenvalue weighted by Gasteiger charge is -2.29. The molecule has 11 rings (SSSR count). The Morgan fingerprint density at radius 2 is 0.817 bits per heavy atom. The topological polar surface area (TPSA) is 8.17 Å². The van der Waals surface area contributed by atoms with E-state index in [9.17, 15) is 0 Å². The van der Waals surface area contributed by atoms with Gasteiger partial charge < -0.3 is 9.47 Å². The van der Waals surface area contributed by atoms with Gasteiger partial charge in [0.25, 0.3) is 0 Å². The molecule has 0 saturated carbocycles. The molecule has 0 bridgehead atoms. The molecule has 0 spiro atoms. The van der Waals surface area contributed by atoms with Crippen LogP contribution in [-0.4, -0.2) is 4.57 Å². The summed E-state index contributed by atoms with van der Waals surface area (Å²) in [7, 11) is 0. The Bertz CT molecular complexity index is 3240. The minimum absolute atomic E-state index is 1.09. The van der Waals surface area contributed by atoms with Crippen molar-refractivity contribution < 1.29 is 0 Å². The highest BCUT2D eigenvalue weighted by Gasteiger charge is 2.21. The van der Waals surface area contributed by atoms with Crippen molar-refractivity contribution in [3.05, 3.63) is 243 Å². The third-order valence-corrected chi connectivity index (χ3v) is 11.8. The summed E-state index contributed by atoms with van der Waals surface area (Å²) in [5, 5.41) is 4.98. The van der Waals surface area contributed by atoms with Crippen LogP contribution in [0.15, 0.2) is 243 Å². The second-order valence-corrected chi connectivity index (χ2v) is 15.3. The molecule has 0 fully saturated rings. The van der Waals surface area contributed by atoms with Crippen molar-refractivity contribution in [3.63, 3.8) is 0 Å². The molecule has 11 aromatic rings. The zero-order valence-corrected chi connectivity index (χ0v) is 33.0. The van der Waals surface area contributed by atoms with Crippen molar-refractivity contribution in [1.29, 1.82) is 0 Å². The van der Waals surface area contributed by atoms with Gasteiger partial charge in [0.1, 0.15) is 0 Å². The van der Waals surface area contributed by atoms with Gasteiger partial charge in [-0.3, -0.25) is 0 Å². The molecule has 0 amide bonds. The summed E-state index contributed by atoms with van der Waals surface area (Å²) in [5.41, 5.74) is 16.3. The van der Waals surface area contributed by atoms with E-state index >= 15 is 0 Å². The van der Waals surface area contributed by atoms with Gasteiger partial charge >= 0.3 is 0 Å². The fourth-order valence-electron chi connectivity index (χ4n) is 9.06. The van der Waals surface area contributed by atoms with Crippen molar-refractivity contribution >= 4 is 49.6 Å². The fourth-order valence-corrected chi connectivity index (χ4v) is 9.06. The molecule has 0 aliphatic carbocycles. The van der Waals surface area contributed by atoms with Crippen molar-refractivity contribution in [2.24, 2.45) is 0 Å². The van der Waals surface area contributed by atoms with E-state index in [0.717, 1.165) is 39.4 Å². The van der Waals surface area contributed by atoms with Crippen LogP contribution in [0.1, 0.15) is 0 Å². The van der Waals surface area contributed by atoms with Crippen LogP contribution >= 0.6 is 0 Å². The van der Waals surface area contributed by atoms with E-state index in [1.165, 1.54) is 60.4 Å². The summed E-state index contributed by atoms with van der Waals surface area (Å²) in [6.07, 6.45) is 0. The van der Waals surface area contributed by atoms with Crippen LogP contribution in [0.3, 0.4) is 0 Å². The lowest BCUT2D eigenvalue weighted by molar-refractivity contribution is 1.18. The molecule has 0 unspecified atom stereocenters. The number of anilines is 3. The molecule has 0 saturated heterocycles. The molecular formula is C58H40N2. The quantitative estimate of drug-likeness (QED) is 0.150. The van der Waals surface area contributed by atoms with E-state index in [4.69, 9.17) is 0 Å². The summed E-state index contributed by atoms with van der Waals surface area (Å²) in [6.45, 7) is 0. The summed E-state index contributed by atoms with van der Waals surface area (Å²) in [6, 6.07) is 87.9. The van der Waals surface area contributed by atoms with E-state index in [2.05, 4.69) is 252 Å². The maximum atomic E-state index is 2.42. The van der Waals surface area contributed by atoms with Crippen LogP contribution in [-0.2, 0) is 0 Å². The molecule has 282 valence electrons. The first-order valence-electron chi connectivity index (χ1n) is 20.6. The van der Waals surface area contributed by atoms with Gasteiger partial charge in [0.05, 0.1) is 22.4 Å². The molecule has 0 aliphatic rings.